The molecule has 4 aromatic rings. The Morgan fingerprint density at radius 2 is 1.81 bits per heavy atom. The Labute approximate surface area is 212 Å². The Balaban J connectivity index is 1.28. The summed E-state index contributed by atoms with van der Waals surface area (Å²) in [4.78, 5) is 16.8. The highest BCUT2D eigenvalue weighted by Crippen LogP contribution is 2.29. The number of anilines is 1. The van der Waals surface area contributed by atoms with Crippen molar-refractivity contribution in [1.29, 1.82) is 0 Å². The number of aromatic nitrogens is 3. The van der Waals surface area contributed by atoms with Gasteiger partial charge in [-0.2, -0.15) is 0 Å². The summed E-state index contributed by atoms with van der Waals surface area (Å²) < 4.78 is 27.1. The number of ether oxygens (including phenoxy) is 1. The van der Waals surface area contributed by atoms with Crippen LogP contribution in [0.3, 0.4) is 0 Å². The third kappa shape index (κ3) is 5.08. The minimum atomic E-state index is -0.242. The first kappa shape index (κ1) is 23.9. The monoisotopic (exact) mass is 507 g/mol. The number of halogens is 1. The van der Waals surface area contributed by atoms with Crippen LogP contribution in [0.1, 0.15) is 6.92 Å². The van der Waals surface area contributed by atoms with Crippen LogP contribution in [0.25, 0.3) is 17.3 Å². The fourth-order valence-corrected chi connectivity index (χ4v) is 5.00. The lowest BCUT2D eigenvalue weighted by Gasteiger charge is -2.36. The molecule has 2 aromatic heterocycles. The topological polar surface area (TPSA) is 76.6 Å². The van der Waals surface area contributed by atoms with E-state index in [-0.39, 0.29) is 17.5 Å². The van der Waals surface area contributed by atoms with Crippen LogP contribution >= 0.6 is 11.8 Å². The standard InChI is InChI=1S/C26H26FN5O3S/c1-2-34-20-11-9-19(10-12-20)32-25(23-8-5-17-35-23)28-29-26(32)36-18-24(33)31-15-13-30(14-16-31)22-7-4-3-6-21(22)27/h3-12,17H,2,13-16,18H2,1H3. The largest absolute Gasteiger partial charge is 0.494 e. The number of thioether (sulfide) groups is 1. The van der Waals surface area contributed by atoms with Crippen LogP contribution in [0.4, 0.5) is 10.1 Å². The highest BCUT2D eigenvalue weighted by Gasteiger charge is 2.24. The summed E-state index contributed by atoms with van der Waals surface area (Å²) in [7, 11) is 0. The van der Waals surface area contributed by atoms with Crippen molar-refractivity contribution in [1.82, 2.24) is 19.7 Å². The second-order valence-corrected chi connectivity index (χ2v) is 9.10. The zero-order chi connectivity index (χ0) is 24.9. The van der Waals surface area contributed by atoms with Gasteiger partial charge in [0.2, 0.25) is 11.7 Å². The van der Waals surface area contributed by atoms with E-state index in [0.717, 1.165) is 11.4 Å². The lowest BCUT2D eigenvalue weighted by Crippen LogP contribution is -2.49. The molecule has 2 aromatic carbocycles. The Morgan fingerprint density at radius 1 is 1.03 bits per heavy atom. The number of furan rings is 1. The molecule has 0 radical (unpaired) electrons. The van der Waals surface area contributed by atoms with Crippen LogP contribution in [0.15, 0.2) is 76.5 Å². The van der Waals surface area contributed by atoms with Gasteiger partial charge < -0.3 is 19.0 Å². The Hall–Kier alpha value is -3.79. The maximum absolute atomic E-state index is 14.1. The second kappa shape index (κ2) is 10.9. The highest BCUT2D eigenvalue weighted by atomic mass is 32.2. The molecule has 3 heterocycles. The normalized spacial score (nSPS) is 13.7. The van der Waals surface area contributed by atoms with E-state index in [4.69, 9.17) is 9.15 Å². The van der Waals surface area contributed by atoms with Gasteiger partial charge in [-0.1, -0.05) is 23.9 Å². The average Bonchev–Trinajstić information content (AvgIpc) is 3.59. The summed E-state index contributed by atoms with van der Waals surface area (Å²) in [6.45, 7) is 4.77. The summed E-state index contributed by atoms with van der Waals surface area (Å²) in [5.41, 5.74) is 1.41. The zero-order valence-corrected chi connectivity index (χ0v) is 20.7. The smallest absolute Gasteiger partial charge is 0.233 e. The molecule has 186 valence electrons. The molecule has 0 aliphatic carbocycles. The van der Waals surface area contributed by atoms with Crippen molar-refractivity contribution < 1.29 is 18.3 Å². The summed E-state index contributed by atoms with van der Waals surface area (Å²) in [5, 5.41) is 9.27. The molecule has 0 atom stereocenters. The summed E-state index contributed by atoms with van der Waals surface area (Å²) >= 11 is 1.33. The molecule has 1 saturated heterocycles. The molecular formula is C26H26FN5O3S. The lowest BCUT2D eigenvalue weighted by molar-refractivity contribution is -0.128. The number of carbonyl (C=O) groups is 1. The van der Waals surface area contributed by atoms with E-state index in [0.29, 0.717) is 55.2 Å². The fourth-order valence-electron chi connectivity index (χ4n) is 4.14. The fraction of sp³-hybridized carbons (Fsp3) is 0.269. The Kier molecular flexibility index (Phi) is 7.22. The maximum Gasteiger partial charge on any atom is 0.233 e. The van der Waals surface area contributed by atoms with Gasteiger partial charge in [0.1, 0.15) is 11.6 Å². The summed E-state index contributed by atoms with van der Waals surface area (Å²) in [6.07, 6.45) is 1.59. The van der Waals surface area contributed by atoms with E-state index in [2.05, 4.69) is 10.2 Å². The number of benzene rings is 2. The van der Waals surface area contributed by atoms with Gasteiger partial charge in [-0.15, -0.1) is 10.2 Å². The molecule has 36 heavy (non-hydrogen) atoms. The van der Waals surface area contributed by atoms with Gasteiger partial charge in [-0.05, 0) is 55.5 Å². The van der Waals surface area contributed by atoms with E-state index in [1.807, 2.05) is 57.7 Å². The number of carbonyl (C=O) groups excluding carboxylic acids is 1. The van der Waals surface area contributed by atoms with Crippen molar-refractivity contribution in [3.05, 3.63) is 72.7 Å². The molecule has 0 bridgehead atoms. The predicted molar refractivity (Wildman–Crippen MR) is 136 cm³/mol. The van der Waals surface area contributed by atoms with Gasteiger partial charge in [0.15, 0.2) is 10.9 Å². The number of piperazine rings is 1. The van der Waals surface area contributed by atoms with Crippen LogP contribution in [-0.2, 0) is 4.79 Å². The molecule has 0 unspecified atom stereocenters. The number of nitrogens with zero attached hydrogens (tertiary/aromatic N) is 5. The molecule has 0 saturated carbocycles. The molecule has 8 nitrogen and oxygen atoms in total. The maximum atomic E-state index is 14.1. The highest BCUT2D eigenvalue weighted by molar-refractivity contribution is 7.99. The van der Waals surface area contributed by atoms with Crippen molar-refractivity contribution >= 4 is 23.4 Å². The number of para-hydroxylation sites is 1. The Morgan fingerprint density at radius 3 is 2.50 bits per heavy atom. The lowest BCUT2D eigenvalue weighted by atomic mass is 10.2. The van der Waals surface area contributed by atoms with Gasteiger partial charge in [-0.3, -0.25) is 9.36 Å². The SMILES string of the molecule is CCOc1ccc(-n2c(SCC(=O)N3CCN(c4ccccc4F)CC3)nnc2-c2ccco2)cc1. The van der Waals surface area contributed by atoms with Crippen LogP contribution in [0.2, 0.25) is 0 Å². The average molecular weight is 508 g/mol. The van der Waals surface area contributed by atoms with Gasteiger partial charge in [0.25, 0.3) is 0 Å². The summed E-state index contributed by atoms with van der Waals surface area (Å²) in [6, 6.07) is 18.0. The van der Waals surface area contributed by atoms with Crippen molar-refractivity contribution in [2.75, 3.05) is 43.4 Å². The van der Waals surface area contributed by atoms with E-state index in [1.54, 1.807) is 24.5 Å². The zero-order valence-electron chi connectivity index (χ0n) is 19.8. The molecule has 1 amide bonds. The number of amides is 1. The quantitative estimate of drug-likeness (QED) is 0.325. The van der Waals surface area contributed by atoms with Gasteiger partial charge >= 0.3 is 0 Å². The number of rotatable bonds is 8. The molecular weight excluding hydrogens is 481 g/mol. The van der Waals surface area contributed by atoms with Crippen molar-refractivity contribution in [3.8, 4) is 23.0 Å². The van der Waals surface area contributed by atoms with Gasteiger partial charge in [0.05, 0.1) is 30.0 Å². The van der Waals surface area contributed by atoms with E-state index in [9.17, 15) is 9.18 Å². The van der Waals surface area contributed by atoms with Gasteiger partial charge in [0, 0.05) is 26.2 Å². The molecule has 0 N–H and O–H groups in total. The van der Waals surface area contributed by atoms with Crippen LogP contribution < -0.4 is 9.64 Å². The van der Waals surface area contributed by atoms with E-state index >= 15 is 0 Å². The van der Waals surface area contributed by atoms with E-state index in [1.165, 1.54) is 17.8 Å². The first-order valence-corrected chi connectivity index (χ1v) is 12.7. The van der Waals surface area contributed by atoms with Crippen molar-refractivity contribution in [2.45, 2.75) is 12.1 Å². The molecule has 1 aliphatic heterocycles. The minimum absolute atomic E-state index is 0.00831. The van der Waals surface area contributed by atoms with Crippen LogP contribution in [-0.4, -0.2) is 64.1 Å². The van der Waals surface area contributed by atoms with Gasteiger partial charge in [-0.25, -0.2) is 4.39 Å². The minimum Gasteiger partial charge on any atom is -0.494 e. The van der Waals surface area contributed by atoms with Crippen LogP contribution in [0, 0.1) is 5.82 Å². The first-order valence-electron chi connectivity index (χ1n) is 11.8. The molecule has 1 fully saturated rings. The summed E-state index contributed by atoms with van der Waals surface area (Å²) in [5.74, 6) is 1.89. The molecule has 10 heteroatoms. The van der Waals surface area contributed by atoms with Crippen molar-refractivity contribution in [3.63, 3.8) is 0 Å². The third-order valence-corrected chi connectivity index (χ3v) is 6.84. The van der Waals surface area contributed by atoms with Crippen LogP contribution in [0.5, 0.6) is 5.75 Å². The third-order valence-electron chi connectivity index (χ3n) is 5.93. The number of hydrogen-bond donors (Lipinski definition) is 0. The van der Waals surface area contributed by atoms with Crippen molar-refractivity contribution in [2.24, 2.45) is 0 Å². The van der Waals surface area contributed by atoms with E-state index < -0.39 is 0 Å². The second-order valence-electron chi connectivity index (χ2n) is 8.15. The molecule has 1 aliphatic rings. The molecule has 5 rings (SSSR count). The number of hydrogen-bond acceptors (Lipinski definition) is 7. The first-order chi connectivity index (χ1) is 17.6. The Bertz CT molecular complexity index is 1300. The predicted octanol–water partition coefficient (Wildman–Crippen LogP) is 4.51. The molecule has 0 spiro atoms.